The molecule has 0 heterocycles. The van der Waals surface area contributed by atoms with Gasteiger partial charge in [-0.3, -0.25) is 4.79 Å². The van der Waals surface area contributed by atoms with Crippen LogP contribution in [-0.2, 0) is 0 Å². The van der Waals surface area contributed by atoms with Crippen LogP contribution >= 0.6 is 0 Å². The second-order valence-corrected chi connectivity index (χ2v) is 5.95. The van der Waals surface area contributed by atoms with Gasteiger partial charge in [0.15, 0.2) is 11.6 Å². The lowest BCUT2D eigenvalue weighted by atomic mass is 10.0. The van der Waals surface area contributed by atoms with Gasteiger partial charge in [0, 0.05) is 28.9 Å². The quantitative estimate of drug-likeness (QED) is 0.340. The number of nitrogens with two attached hydrogens (primary N) is 1. The highest BCUT2D eigenvalue weighted by molar-refractivity contribution is 6.14. The summed E-state index contributed by atoms with van der Waals surface area (Å²) in [5.74, 6) is -3.16. The number of hydrogen-bond donors (Lipinski definition) is 4. The van der Waals surface area contributed by atoms with Crippen LogP contribution in [0.4, 0.5) is 33.3 Å². The van der Waals surface area contributed by atoms with Crippen molar-refractivity contribution < 1.29 is 26.7 Å². The van der Waals surface area contributed by atoms with Crippen molar-refractivity contribution in [1.29, 1.82) is 10.8 Å². The Kier molecular flexibility index (Phi) is 5.81. The molecular weight excluding hydrogens is 383 g/mol. The third-order valence-corrected chi connectivity index (χ3v) is 3.86. The molecule has 10 heteroatoms. The molecular formula is C18H15F5N4O. The van der Waals surface area contributed by atoms with Crippen LogP contribution in [0.15, 0.2) is 30.3 Å². The first-order valence-corrected chi connectivity index (χ1v) is 7.79. The smallest absolute Gasteiger partial charge is 0.398 e. The summed E-state index contributed by atoms with van der Waals surface area (Å²) in [6.07, 6.45) is -5.83. The Labute approximate surface area is 156 Å². The average molecular weight is 398 g/mol. The number of hydrogen-bond acceptors (Lipinski definition) is 4. The highest BCUT2D eigenvalue weighted by Gasteiger charge is 2.34. The van der Waals surface area contributed by atoms with E-state index in [1.54, 1.807) is 0 Å². The van der Waals surface area contributed by atoms with Crippen LogP contribution in [0, 0.1) is 29.4 Å². The molecule has 0 aromatic heterocycles. The molecule has 2 aromatic rings. The number of halogens is 5. The molecule has 0 atom stereocenters. The van der Waals surface area contributed by atoms with Gasteiger partial charge in [-0.25, -0.2) is 8.78 Å². The Balaban J connectivity index is 2.20. The first-order chi connectivity index (χ1) is 12.9. The SMILES string of the molecule is Cc1ccc(NC(=O)c2ccc(C(=N)CC(=N)C(F)(F)F)c(N)c2)c(F)c1F. The Hall–Kier alpha value is -3.30. The Morgan fingerprint density at radius 3 is 2.32 bits per heavy atom. The van der Waals surface area contributed by atoms with Crippen molar-refractivity contribution >= 4 is 28.7 Å². The van der Waals surface area contributed by atoms with Crippen molar-refractivity contribution in [2.24, 2.45) is 0 Å². The summed E-state index contributed by atoms with van der Waals surface area (Å²) in [4.78, 5) is 12.2. The zero-order valence-electron chi connectivity index (χ0n) is 14.5. The van der Waals surface area contributed by atoms with Gasteiger partial charge in [0.1, 0.15) is 5.71 Å². The number of carbonyl (C=O) groups is 1. The van der Waals surface area contributed by atoms with Crippen LogP contribution < -0.4 is 11.1 Å². The number of aryl methyl sites for hydroxylation is 1. The number of benzene rings is 2. The van der Waals surface area contributed by atoms with E-state index in [2.05, 4.69) is 5.32 Å². The topological polar surface area (TPSA) is 103 Å². The molecule has 0 saturated heterocycles. The number of rotatable bonds is 5. The van der Waals surface area contributed by atoms with Gasteiger partial charge < -0.3 is 21.9 Å². The van der Waals surface area contributed by atoms with Gasteiger partial charge >= 0.3 is 6.18 Å². The normalized spacial score (nSPS) is 11.2. The molecule has 1 amide bonds. The molecule has 0 fully saturated rings. The molecule has 148 valence electrons. The van der Waals surface area contributed by atoms with E-state index in [1.165, 1.54) is 25.1 Å². The number of carbonyl (C=O) groups excluding carboxylic acids is 1. The van der Waals surface area contributed by atoms with Crippen LogP contribution in [0.2, 0.25) is 0 Å². The van der Waals surface area contributed by atoms with E-state index in [-0.39, 0.29) is 28.1 Å². The predicted molar refractivity (Wildman–Crippen MR) is 95.1 cm³/mol. The lowest BCUT2D eigenvalue weighted by molar-refractivity contribution is -0.0605. The summed E-state index contributed by atoms with van der Waals surface area (Å²) in [7, 11) is 0. The van der Waals surface area contributed by atoms with Crippen molar-refractivity contribution in [2.75, 3.05) is 11.1 Å². The molecule has 2 aromatic carbocycles. The lowest BCUT2D eigenvalue weighted by Crippen LogP contribution is -2.25. The number of nitrogens with one attached hydrogen (secondary N) is 3. The van der Waals surface area contributed by atoms with Crippen molar-refractivity contribution in [2.45, 2.75) is 19.5 Å². The lowest BCUT2D eigenvalue weighted by Gasteiger charge is -2.12. The molecule has 0 spiro atoms. The van der Waals surface area contributed by atoms with Gasteiger partial charge in [-0.2, -0.15) is 13.2 Å². The summed E-state index contributed by atoms with van der Waals surface area (Å²) in [6.45, 7) is 1.36. The maximum absolute atomic E-state index is 13.9. The Morgan fingerprint density at radius 1 is 1.11 bits per heavy atom. The van der Waals surface area contributed by atoms with E-state index in [0.29, 0.717) is 0 Å². The monoisotopic (exact) mass is 398 g/mol. The second kappa shape index (κ2) is 7.75. The fourth-order valence-corrected chi connectivity index (χ4v) is 2.29. The standard InChI is InChI=1S/C18H15F5N4O/c1-8-2-5-13(16(20)15(8)19)27-17(28)9-3-4-10(11(24)6-9)12(25)7-14(26)18(21,22)23/h2-6,25-26H,7,24H2,1H3,(H,27,28). The van der Waals surface area contributed by atoms with E-state index in [4.69, 9.17) is 16.6 Å². The maximum Gasteiger partial charge on any atom is 0.429 e. The molecule has 5 nitrogen and oxygen atoms in total. The fourth-order valence-electron chi connectivity index (χ4n) is 2.29. The number of anilines is 2. The summed E-state index contributed by atoms with van der Waals surface area (Å²) < 4.78 is 64.7. The summed E-state index contributed by atoms with van der Waals surface area (Å²) >= 11 is 0. The molecule has 0 unspecified atom stereocenters. The highest BCUT2D eigenvalue weighted by Crippen LogP contribution is 2.24. The third-order valence-electron chi connectivity index (χ3n) is 3.86. The van der Waals surface area contributed by atoms with Crippen LogP contribution in [0.5, 0.6) is 0 Å². The van der Waals surface area contributed by atoms with Gasteiger partial charge in [0.05, 0.1) is 5.69 Å². The summed E-state index contributed by atoms with van der Waals surface area (Å²) in [5, 5.41) is 16.8. The highest BCUT2D eigenvalue weighted by atomic mass is 19.4. The fraction of sp³-hybridized carbons (Fsp3) is 0.167. The number of amides is 1. The molecule has 0 aliphatic heterocycles. The first-order valence-electron chi connectivity index (χ1n) is 7.79. The van der Waals surface area contributed by atoms with Crippen molar-refractivity contribution in [3.8, 4) is 0 Å². The van der Waals surface area contributed by atoms with Gasteiger partial charge in [0.2, 0.25) is 0 Å². The second-order valence-electron chi connectivity index (χ2n) is 5.95. The molecule has 0 radical (unpaired) electrons. The predicted octanol–water partition coefficient (Wildman–Crippen LogP) is 4.45. The average Bonchev–Trinajstić information content (AvgIpc) is 2.61. The van der Waals surface area contributed by atoms with E-state index in [0.717, 1.165) is 12.1 Å². The molecule has 0 aliphatic carbocycles. The zero-order valence-corrected chi connectivity index (χ0v) is 14.5. The largest absolute Gasteiger partial charge is 0.429 e. The van der Waals surface area contributed by atoms with Crippen LogP contribution in [0.1, 0.15) is 27.9 Å². The van der Waals surface area contributed by atoms with Crippen molar-refractivity contribution in [1.82, 2.24) is 0 Å². The zero-order chi connectivity index (χ0) is 21.2. The van der Waals surface area contributed by atoms with E-state index in [1.807, 2.05) is 0 Å². The van der Waals surface area contributed by atoms with Crippen molar-refractivity contribution in [3.05, 3.63) is 58.7 Å². The molecule has 0 aliphatic rings. The minimum absolute atomic E-state index is 0.0621. The number of nitrogen functional groups attached to an aromatic ring is 1. The molecule has 5 N–H and O–H groups in total. The minimum atomic E-state index is -4.85. The third kappa shape index (κ3) is 4.51. The van der Waals surface area contributed by atoms with Crippen LogP contribution in [0.25, 0.3) is 0 Å². The molecule has 28 heavy (non-hydrogen) atoms. The van der Waals surface area contributed by atoms with Gasteiger partial charge in [-0.15, -0.1) is 0 Å². The minimum Gasteiger partial charge on any atom is -0.398 e. The van der Waals surface area contributed by atoms with Gasteiger partial charge in [0.25, 0.3) is 5.91 Å². The van der Waals surface area contributed by atoms with E-state index < -0.39 is 41.6 Å². The Morgan fingerprint density at radius 2 is 1.75 bits per heavy atom. The Bertz CT molecular complexity index is 969. The van der Waals surface area contributed by atoms with Gasteiger partial charge in [-0.1, -0.05) is 12.1 Å². The number of alkyl halides is 3. The molecule has 0 bridgehead atoms. The maximum atomic E-state index is 13.9. The van der Waals surface area contributed by atoms with E-state index in [9.17, 15) is 26.7 Å². The molecule has 0 saturated carbocycles. The van der Waals surface area contributed by atoms with Gasteiger partial charge in [-0.05, 0) is 30.7 Å². The van der Waals surface area contributed by atoms with Crippen molar-refractivity contribution in [3.63, 3.8) is 0 Å². The summed E-state index contributed by atoms with van der Waals surface area (Å²) in [5.41, 5.74) is 2.93. The van der Waals surface area contributed by atoms with Crippen LogP contribution in [-0.4, -0.2) is 23.5 Å². The first kappa shape index (κ1) is 21.0. The molecule has 2 rings (SSSR count). The summed E-state index contributed by atoms with van der Waals surface area (Å²) in [6, 6.07) is 5.89. The van der Waals surface area contributed by atoms with E-state index >= 15 is 0 Å². The van der Waals surface area contributed by atoms with Crippen LogP contribution in [0.3, 0.4) is 0 Å².